The zero-order chi connectivity index (χ0) is 9.84. The van der Waals surface area contributed by atoms with E-state index in [-0.39, 0.29) is 0 Å². The molecule has 0 amide bonds. The van der Waals surface area contributed by atoms with E-state index in [1.807, 2.05) is 7.05 Å². The largest absolute Gasteiger partial charge is 0.391 e. The molecule has 0 aromatic rings. The Morgan fingerprint density at radius 2 is 2.15 bits per heavy atom. The van der Waals surface area contributed by atoms with Crippen molar-refractivity contribution in [2.75, 3.05) is 7.05 Å². The van der Waals surface area contributed by atoms with E-state index >= 15 is 0 Å². The van der Waals surface area contributed by atoms with Crippen molar-refractivity contribution < 1.29 is 4.74 Å². The van der Waals surface area contributed by atoms with Crippen LogP contribution in [0.5, 0.6) is 0 Å². The lowest BCUT2D eigenvalue weighted by Gasteiger charge is -2.27. The predicted molar refractivity (Wildman–Crippen MR) is 55.6 cm³/mol. The molecule has 76 valence electrons. The molecule has 2 heteroatoms. The van der Waals surface area contributed by atoms with Gasteiger partial charge in [-0.3, -0.25) is 0 Å². The van der Waals surface area contributed by atoms with Gasteiger partial charge in [-0.1, -0.05) is 5.57 Å². The molecule has 0 aliphatic heterocycles. The Morgan fingerprint density at radius 1 is 1.46 bits per heavy atom. The molecule has 0 saturated carbocycles. The second-order valence-electron chi connectivity index (χ2n) is 4.06. The van der Waals surface area contributed by atoms with Crippen molar-refractivity contribution in [1.82, 2.24) is 5.32 Å². The molecule has 1 rings (SSSR count). The lowest BCUT2D eigenvalue weighted by molar-refractivity contribution is 0.000628. The van der Waals surface area contributed by atoms with Crippen LogP contribution < -0.4 is 5.32 Å². The van der Waals surface area contributed by atoms with Crippen molar-refractivity contribution >= 4 is 0 Å². The zero-order valence-corrected chi connectivity index (χ0v) is 9.18. The highest BCUT2D eigenvalue weighted by molar-refractivity contribution is 5.14. The topological polar surface area (TPSA) is 21.3 Å². The Kier molecular flexibility index (Phi) is 3.79. The summed E-state index contributed by atoms with van der Waals surface area (Å²) in [6, 6.07) is 0. The fourth-order valence-corrected chi connectivity index (χ4v) is 1.92. The average molecular weight is 183 g/mol. The predicted octanol–water partition coefficient (Wildman–Crippen LogP) is 2.46. The maximum Gasteiger partial charge on any atom is 0.0620 e. The van der Waals surface area contributed by atoms with Gasteiger partial charge in [0.05, 0.1) is 12.2 Å². The minimum Gasteiger partial charge on any atom is -0.391 e. The lowest BCUT2D eigenvalue weighted by atomic mass is 9.95. The third-order valence-corrected chi connectivity index (χ3v) is 2.53. The van der Waals surface area contributed by atoms with E-state index in [9.17, 15) is 0 Å². The van der Waals surface area contributed by atoms with Gasteiger partial charge in [0.25, 0.3) is 0 Å². The molecule has 0 aromatic carbocycles. The van der Waals surface area contributed by atoms with Gasteiger partial charge >= 0.3 is 0 Å². The fraction of sp³-hybridized carbons (Fsp3) is 0.818. The summed E-state index contributed by atoms with van der Waals surface area (Å²) in [6.07, 6.45) is 4.19. The lowest BCUT2D eigenvalue weighted by Crippen LogP contribution is -2.24. The molecule has 0 aromatic heterocycles. The van der Waals surface area contributed by atoms with Gasteiger partial charge < -0.3 is 10.1 Å². The summed E-state index contributed by atoms with van der Waals surface area (Å²) in [5, 5.41) is 3.25. The normalized spacial score (nSPS) is 23.9. The van der Waals surface area contributed by atoms with E-state index in [1.54, 1.807) is 0 Å². The van der Waals surface area contributed by atoms with E-state index in [2.05, 4.69) is 26.1 Å². The highest BCUT2D eigenvalue weighted by Crippen LogP contribution is 2.25. The molecule has 0 saturated heterocycles. The Hall–Kier alpha value is -0.500. The van der Waals surface area contributed by atoms with Crippen molar-refractivity contribution in [3.05, 3.63) is 11.3 Å². The Balaban J connectivity index is 2.47. The summed E-state index contributed by atoms with van der Waals surface area (Å²) in [5.41, 5.74) is 2.86. The summed E-state index contributed by atoms with van der Waals surface area (Å²) in [4.78, 5) is 0. The Bertz CT molecular complexity index is 196. The summed E-state index contributed by atoms with van der Waals surface area (Å²) < 4.78 is 5.79. The van der Waals surface area contributed by atoms with Crippen molar-refractivity contribution in [3.63, 3.8) is 0 Å². The first-order valence-electron chi connectivity index (χ1n) is 5.15. The Morgan fingerprint density at radius 3 is 2.62 bits per heavy atom. The zero-order valence-electron chi connectivity index (χ0n) is 9.18. The van der Waals surface area contributed by atoms with E-state index < -0.39 is 0 Å². The molecule has 1 atom stereocenters. The minimum absolute atomic E-state index is 0.355. The monoisotopic (exact) mass is 183 g/mol. The molecule has 0 spiro atoms. The molecular formula is C11H21NO. The van der Waals surface area contributed by atoms with Gasteiger partial charge in [0.2, 0.25) is 0 Å². The van der Waals surface area contributed by atoms with Crippen LogP contribution in [0.3, 0.4) is 0 Å². The number of rotatable bonds is 3. The summed E-state index contributed by atoms with van der Waals surface area (Å²) in [5.74, 6) is 0. The molecule has 0 fully saturated rings. The van der Waals surface area contributed by atoms with Gasteiger partial charge in [-0.05, 0) is 40.0 Å². The Labute approximate surface area is 81.4 Å². The van der Waals surface area contributed by atoms with E-state index in [0.29, 0.717) is 12.2 Å². The third kappa shape index (κ3) is 3.03. The maximum atomic E-state index is 5.79. The maximum absolute atomic E-state index is 5.79. The van der Waals surface area contributed by atoms with Crippen LogP contribution >= 0.6 is 0 Å². The first-order chi connectivity index (χ1) is 6.13. The molecule has 1 aliphatic rings. The first kappa shape index (κ1) is 10.6. The number of ether oxygens (including phenoxy) is 1. The van der Waals surface area contributed by atoms with Gasteiger partial charge in [-0.2, -0.15) is 0 Å². The highest BCUT2D eigenvalue weighted by atomic mass is 16.5. The standard InChI is InChI=1S/C11H21NO/c1-8(2)13-10-5-6-11(12-4)9(3)7-10/h8,10,12H,5-7H2,1-4H3. The third-order valence-electron chi connectivity index (χ3n) is 2.53. The van der Waals surface area contributed by atoms with Gasteiger partial charge in [0, 0.05) is 12.7 Å². The molecule has 1 unspecified atom stereocenters. The van der Waals surface area contributed by atoms with Gasteiger partial charge in [-0.25, -0.2) is 0 Å². The van der Waals surface area contributed by atoms with Crippen LogP contribution in [0.15, 0.2) is 11.3 Å². The quantitative estimate of drug-likeness (QED) is 0.725. The van der Waals surface area contributed by atoms with Crippen LogP contribution in [0.1, 0.15) is 40.0 Å². The molecule has 0 radical (unpaired) electrons. The van der Waals surface area contributed by atoms with E-state index in [1.165, 1.54) is 11.3 Å². The number of nitrogens with one attached hydrogen (secondary N) is 1. The fourth-order valence-electron chi connectivity index (χ4n) is 1.92. The first-order valence-corrected chi connectivity index (χ1v) is 5.15. The van der Waals surface area contributed by atoms with Crippen molar-refractivity contribution in [1.29, 1.82) is 0 Å². The molecule has 0 bridgehead atoms. The second kappa shape index (κ2) is 4.66. The van der Waals surface area contributed by atoms with Crippen molar-refractivity contribution in [2.45, 2.75) is 52.2 Å². The average Bonchev–Trinajstić information content (AvgIpc) is 2.03. The van der Waals surface area contributed by atoms with Crippen LogP contribution in [0.25, 0.3) is 0 Å². The van der Waals surface area contributed by atoms with Crippen LogP contribution in [-0.2, 0) is 4.74 Å². The van der Waals surface area contributed by atoms with Crippen LogP contribution in [-0.4, -0.2) is 19.3 Å². The minimum atomic E-state index is 0.355. The summed E-state index contributed by atoms with van der Waals surface area (Å²) >= 11 is 0. The van der Waals surface area contributed by atoms with E-state index in [0.717, 1.165) is 19.3 Å². The molecule has 1 aliphatic carbocycles. The van der Waals surface area contributed by atoms with Crippen molar-refractivity contribution in [2.24, 2.45) is 0 Å². The van der Waals surface area contributed by atoms with Crippen molar-refractivity contribution in [3.8, 4) is 0 Å². The smallest absolute Gasteiger partial charge is 0.0620 e. The summed E-state index contributed by atoms with van der Waals surface area (Å²) in [7, 11) is 2.00. The van der Waals surface area contributed by atoms with Crippen LogP contribution in [0, 0.1) is 0 Å². The molecule has 2 nitrogen and oxygen atoms in total. The molecule has 1 N–H and O–H groups in total. The van der Waals surface area contributed by atoms with Gasteiger partial charge in [0.1, 0.15) is 0 Å². The summed E-state index contributed by atoms with van der Waals surface area (Å²) in [6.45, 7) is 6.40. The van der Waals surface area contributed by atoms with Crippen LogP contribution in [0.4, 0.5) is 0 Å². The second-order valence-corrected chi connectivity index (χ2v) is 4.06. The number of hydrogen-bond donors (Lipinski definition) is 1. The number of allylic oxidation sites excluding steroid dienone is 1. The molecule has 13 heavy (non-hydrogen) atoms. The molecule has 0 heterocycles. The molecular weight excluding hydrogens is 162 g/mol. The van der Waals surface area contributed by atoms with E-state index in [4.69, 9.17) is 4.74 Å². The highest BCUT2D eigenvalue weighted by Gasteiger charge is 2.19. The number of hydrogen-bond acceptors (Lipinski definition) is 2. The van der Waals surface area contributed by atoms with Gasteiger partial charge in [-0.15, -0.1) is 0 Å². The van der Waals surface area contributed by atoms with Gasteiger partial charge in [0.15, 0.2) is 0 Å². The van der Waals surface area contributed by atoms with Crippen LogP contribution in [0.2, 0.25) is 0 Å². The SMILES string of the molecule is CNC1=C(C)CC(OC(C)C)CC1.